The number of halogens is 2. The van der Waals surface area contributed by atoms with Crippen molar-refractivity contribution in [3.8, 4) is 11.5 Å². The predicted molar refractivity (Wildman–Crippen MR) is 54.9 cm³/mol. The minimum absolute atomic E-state index is 0.00276. The second-order valence-corrected chi connectivity index (χ2v) is 3.67. The maximum Gasteiger partial charge on any atom is 0.231 e. The number of hydrogen-bond donors (Lipinski definition) is 1. The number of aryl methyl sites for hydroxylation is 1. The summed E-state index contributed by atoms with van der Waals surface area (Å²) in [7, 11) is 0. The Kier molecular flexibility index (Phi) is 2.98. The van der Waals surface area contributed by atoms with Crippen molar-refractivity contribution in [2.75, 3.05) is 13.3 Å². The molecule has 1 aliphatic rings. The summed E-state index contributed by atoms with van der Waals surface area (Å²) in [5.74, 6) is 0.369. The maximum absolute atomic E-state index is 13.7. The molecule has 15 heavy (non-hydrogen) atoms. The summed E-state index contributed by atoms with van der Waals surface area (Å²) >= 11 is 5.81. The Morgan fingerprint density at radius 1 is 1.47 bits per heavy atom. The van der Waals surface area contributed by atoms with Crippen molar-refractivity contribution in [3.05, 3.63) is 22.5 Å². The van der Waals surface area contributed by atoms with E-state index in [1.807, 2.05) is 0 Å². The van der Waals surface area contributed by atoms with Crippen LogP contribution in [0, 0.1) is 5.82 Å². The molecular weight excluding hydrogens is 221 g/mol. The predicted octanol–water partition coefficient (Wildman–Crippen LogP) is 2.10. The zero-order valence-corrected chi connectivity index (χ0v) is 8.81. The van der Waals surface area contributed by atoms with Crippen molar-refractivity contribution < 1.29 is 13.9 Å². The molecule has 0 unspecified atom stereocenters. The third-order valence-corrected chi connectivity index (χ3v) is 2.61. The number of nitrogens with two attached hydrogens (primary N) is 1. The topological polar surface area (TPSA) is 44.5 Å². The zero-order valence-electron chi connectivity index (χ0n) is 8.06. The van der Waals surface area contributed by atoms with Crippen LogP contribution in [0.25, 0.3) is 0 Å². The molecule has 2 N–H and O–H groups in total. The smallest absolute Gasteiger partial charge is 0.231 e. The highest BCUT2D eigenvalue weighted by Crippen LogP contribution is 2.42. The quantitative estimate of drug-likeness (QED) is 0.867. The van der Waals surface area contributed by atoms with Crippen molar-refractivity contribution >= 4 is 11.6 Å². The molecule has 0 fully saturated rings. The van der Waals surface area contributed by atoms with E-state index in [4.69, 9.17) is 26.8 Å². The summed E-state index contributed by atoms with van der Waals surface area (Å²) in [6.45, 7) is 0.611. The van der Waals surface area contributed by atoms with Crippen LogP contribution in [0.4, 0.5) is 4.39 Å². The van der Waals surface area contributed by atoms with Gasteiger partial charge in [0.1, 0.15) is 10.8 Å². The molecule has 0 saturated heterocycles. The molecule has 0 atom stereocenters. The molecule has 1 heterocycles. The van der Waals surface area contributed by atoms with Gasteiger partial charge in [0, 0.05) is 0 Å². The fourth-order valence-corrected chi connectivity index (χ4v) is 1.77. The molecule has 1 aliphatic heterocycles. The largest absolute Gasteiger partial charge is 0.454 e. The van der Waals surface area contributed by atoms with Crippen LogP contribution in [0.1, 0.15) is 12.0 Å². The van der Waals surface area contributed by atoms with Crippen molar-refractivity contribution in [3.63, 3.8) is 0 Å². The average Bonchev–Trinajstić information content (AvgIpc) is 2.69. The third kappa shape index (κ3) is 1.87. The Labute approximate surface area is 91.9 Å². The summed E-state index contributed by atoms with van der Waals surface area (Å²) in [6, 6.07) is 1.62. The van der Waals surface area contributed by atoms with Crippen molar-refractivity contribution in [1.29, 1.82) is 0 Å². The average molecular weight is 232 g/mol. The third-order valence-electron chi connectivity index (χ3n) is 2.27. The van der Waals surface area contributed by atoms with Crippen LogP contribution in [0.3, 0.4) is 0 Å². The normalized spacial score (nSPS) is 13.3. The molecule has 0 radical (unpaired) electrons. The molecule has 0 spiro atoms. The Morgan fingerprint density at radius 3 is 3.00 bits per heavy atom. The fraction of sp³-hybridized carbons (Fsp3) is 0.400. The molecule has 0 saturated carbocycles. The van der Waals surface area contributed by atoms with E-state index in [9.17, 15) is 4.39 Å². The second-order valence-electron chi connectivity index (χ2n) is 3.29. The fourth-order valence-electron chi connectivity index (χ4n) is 1.50. The van der Waals surface area contributed by atoms with Crippen LogP contribution < -0.4 is 15.2 Å². The lowest BCUT2D eigenvalue weighted by molar-refractivity contribution is 0.174. The second kappa shape index (κ2) is 4.24. The SMILES string of the molecule is NCCCc1cc2c(c(Cl)c1F)OCO2. The maximum atomic E-state index is 13.7. The van der Waals surface area contributed by atoms with Crippen LogP contribution in [-0.2, 0) is 6.42 Å². The van der Waals surface area contributed by atoms with Gasteiger partial charge < -0.3 is 15.2 Å². The Bertz CT molecular complexity index is 384. The van der Waals surface area contributed by atoms with Gasteiger partial charge in [-0.3, -0.25) is 0 Å². The van der Waals surface area contributed by atoms with Gasteiger partial charge in [0.15, 0.2) is 11.5 Å². The highest BCUT2D eigenvalue weighted by molar-refractivity contribution is 6.32. The lowest BCUT2D eigenvalue weighted by Gasteiger charge is -2.06. The number of ether oxygens (including phenoxy) is 2. The lowest BCUT2D eigenvalue weighted by atomic mass is 10.1. The number of rotatable bonds is 3. The highest BCUT2D eigenvalue weighted by atomic mass is 35.5. The zero-order chi connectivity index (χ0) is 10.8. The van der Waals surface area contributed by atoms with Crippen molar-refractivity contribution in [2.24, 2.45) is 5.73 Å². The van der Waals surface area contributed by atoms with Gasteiger partial charge in [-0.15, -0.1) is 0 Å². The molecule has 3 nitrogen and oxygen atoms in total. The minimum atomic E-state index is -0.436. The van der Waals surface area contributed by atoms with E-state index in [2.05, 4.69) is 0 Å². The van der Waals surface area contributed by atoms with Gasteiger partial charge in [-0.05, 0) is 31.0 Å². The van der Waals surface area contributed by atoms with E-state index in [1.165, 1.54) is 0 Å². The molecule has 1 aromatic carbocycles. The van der Waals surface area contributed by atoms with Crippen molar-refractivity contribution in [2.45, 2.75) is 12.8 Å². The van der Waals surface area contributed by atoms with E-state index in [-0.39, 0.29) is 11.8 Å². The molecule has 82 valence electrons. The standard InChI is InChI=1S/C10H11ClFNO2/c11-8-9(12)6(2-1-3-13)4-7-10(8)15-5-14-7/h4H,1-3,5,13H2. The first kappa shape index (κ1) is 10.5. The molecule has 1 aromatic rings. The summed E-state index contributed by atoms with van der Waals surface area (Å²) < 4.78 is 23.9. The molecule has 0 aliphatic carbocycles. The monoisotopic (exact) mass is 231 g/mol. The van der Waals surface area contributed by atoms with Gasteiger partial charge in [0.05, 0.1) is 0 Å². The van der Waals surface area contributed by atoms with Crippen LogP contribution >= 0.6 is 11.6 Å². The van der Waals surface area contributed by atoms with Gasteiger partial charge in [0.2, 0.25) is 6.79 Å². The number of hydrogen-bond acceptors (Lipinski definition) is 3. The van der Waals surface area contributed by atoms with Gasteiger partial charge in [-0.1, -0.05) is 11.6 Å². The minimum Gasteiger partial charge on any atom is -0.454 e. The van der Waals surface area contributed by atoms with Gasteiger partial charge in [-0.2, -0.15) is 0 Å². The molecule has 0 aromatic heterocycles. The molecular formula is C10H11ClFNO2. The van der Waals surface area contributed by atoms with E-state index in [1.54, 1.807) is 6.07 Å². The van der Waals surface area contributed by atoms with Crippen molar-refractivity contribution in [1.82, 2.24) is 0 Å². The first-order chi connectivity index (χ1) is 7.24. The summed E-state index contributed by atoms with van der Waals surface area (Å²) in [5.41, 5.74) is 5.89. The Hall–Kier alpha value is -1.00. The first-order valence-electron chi connectivity index (χ1n) is 4.70. The van der Waals surface area contributed by atoms with E-state index >= 15 is 0 Å². The van der Waals surface area contributed by atoms with Crippen LogP contribution in [0.15, 0.2) is 6.07 Å². The van der Waals surface area contributed by atoms with Crippen LogP contribution in [-0.4, -0.2) is 13.3 Å². The summed E-state index contributed by atoms with van der Waals surface area (Å²) in [6.07, 6.45) is 1.27. The molecule has 5 heteroatoms. The van der Waals surface area contributed by atoms with E-state index in [0.717, 1.165) is 0 Å². The summed E-state index contributed by atoms with van der Waals surface area (Å²) in [5, 5.41) is -0.00276. The van der Waals surface area contributed by atoms with Gasteiger partial charge in [0.25, 0.3) is 0 Å². The number of fused-ring (bicyclic) bond motifs is 1. The highest BCUT2D eigenvalue weighted by Gasteiger charge is 2.23. The lowest BCUT2D eigenvalue weighted by Crippen LogP contribution is -2.02. The molecule has 0 amide bonds. The Morgan fingerprint density at radius 2 is 2.27 bits per heavy atom. The van der Waals surface area contributed by atoms with E-state index in [0.29, 0.717) is 36.4 Å². The number of benzene rings is 1. The first-order valence-corrected chi connectivity index (χ1v) is 5.08. The van der Waals surface area contributed by atoms with Gasteiger partial charge in [-0.25, -0.2) is 4.39 Å². The van der Waals surface area contributed by atoms with Crippen LogP contribution in [0.5, 0.6) is 11.5 Å². The summed E-state index contributed by atoms with van der Waals surface area (Å²) in [4.78, 5) is 0. The molecule has 2 rings (SSSR count). The van der Waals surface area contributed by atoms with Gasteiger partial charge >= 0.3 is 0 Å². The van der Waals surface area contributed by atoms with E-state index < -0.39 is 5.82 Å². The van der Waals surface area contributed by atoms with Crippen LogP contribution in [0.2, 0.25) is 5.02 Å². The molecule has 0 bridgehead atoms. The Balaban J connectivity index is 2.36.